The molecular formula is C19H18N2O6. The van der Waals surface area contributed by atoms with Crippen molar-refractivity contribution in [3.63, 3.8) is 0 Å². The van der Waals surface area contributed by atoms with Gasteiger partial charge in [-0.05, 0) is 12.2 Å². The van der Waals surface area contributed by atoms with Gasteiger partial charge in [-0.15, -0.1) is 0 Å². The van der Waals surface area contributed by atoms with Crippen molar-refractivity contribution in [2.75, 3.05) is 33.3 Å². The van der Waals surface area contributed by atoms with Crippen molar-refractivity contribution in [3.05, 3.63) is 53.4 Å². The predicted octanol–water partition coefficient (Wildman–Crippen LogP) is 2.07. The number of benzene rings is 1. The standard InChI is InChI=1S/C19H18N2O6/c1-24-15-9-12(11-20)14(10-16(15)25-2)21-8-6-5-7-13(18(22)26-3)17(21)19(23)27-4/h5-10H,1-4H3. The molecule has 0 unspecified atom stereocenters. The number of ether oxygens (including phenoxy) is 4. The second-order valence-electron chi connectivity index (χ2n) is 5.15. The molecule has 27 heavy (non-hydrogen) atoms. The monoisotopic (exact) mass is 370 g/mol. The summed E-state index contributed by atoms with van der Waals surface area (Å²) < 4.78 is 20.1. The number of anilines is 1. The number of carbonyl (C=O) groups excluding carboxylic acids is 2. The van der Waals surface area contributed by atoms with Gasteiger partial charge in [-0.2, -0.15) is 5.26 Å². The van der Waals surface area contributed by atoms with Gasteiger partial charge >= 0.3 is 11.9 Å². The summed E-state index contributed by atoms with van der Waals surface area (Å²) in [6.07, 6.45) is 6.14. The fourth-order valence-corrected chi connectivity index (χ4v) is 2.51. The van der Waals surface area contributed by atoms with Crippen LogP contribution in [0.25, 0.3) is 0 Å². The maximum Gasteiger partial charge on any atom is 0.355 e. The van der Waals surface area contributed by atoms with Crippen LogP contribution in [0.2, 0.25) is 0 Å². The van der Waals surface area contributed by atoms with Gasteiger partial charge in [0.05, 0.1) is 45.3 Å². The Kier molecular flexibility index (Phi) is 6.23. The minimum Gasteiger partial charge on any atom is -0.493 e. The Bertz CT molecular complexity index is 892. The number of hydrogen-bond donors (Lipinski definition) is 0. The van der Waals surface area contributed by atoms with E-state index in [0.717, 1.165) is 0 Å². The predicted molar refractivity (Wildman–Crippen MR) is 96.1 cm³/mol. The molecule has 1 aromatic carbocycles. The number of carbonyl (C=O) groups is 2. The number of hydrogen-bond acceptors (Lipinski definition) is 8. The van der Waals surface area contributed by atoms with E-state index in [1.54, 1.807) is 12.2 Å². The summed E-state index contributed by atoms with van der Waals surface area (Å²) in [5, 5.41) is 9.57. The average Bonchev–Trinajstić information content (AvgIpc) is 2.94. The lowest BCUT2D eigenvalue weighted by atomic mass is 10.1. The van der Waals surface area contributed by atoms with Crippen LogP contribution in [-0.4, -0.2) is 40.4 Å². The van der Waals surface area contributed by atoms with Crippen LogP contribution < -0.4 is 14.4 Å². The lowest BCUT2D eigenvalue weighted by Crippen LogP contribution is -2.27. The Labute approximate surface area is 156 Å². The Morgan fingerprint density at radius 2 is 1.59 bits per heavy atom. The molecule has 0 radical (unpaired) electrons. The van der Waals surface area contributed by atoms with E-state index in [1.165, 1.54) is 57.7 Å². The van der Waals surface area contributed by atoms with Gasteiger partial charge in [0.25, 0.3) is 0 Å². The van der Waals surface area contributed by atoms with Crippen molar-refractivity contribution >= 4 is 17.6 Å². The molecule has 0 amide bonds. The molecular weight excluding hydrogens is 352 g/mol. The second kappa shape index (κ2) is 8.58. The minimum atomic E-state index is -0.773. The fraction of sp³-hybridized carbons (Fsp3) is 0.211. The molecule has 0 fully saturated rings. The van der Waals surface area contributed by atoms with Crippen molar-refractivity contribution in [1.29, 1.82) is 5.26 Å². The summed E-state index contributed by atoms with van der Waals surface area (Å²) in [4.78, 5) is 26.1. The Morgan fingerprint density at radius 3 is 2.15 bits per heavy atom. The highest BCUT2D eigenvalue weighted by Gasteiger charge is 2.29. The van der Waals surface area contributed by atoms with Gasteiger partial charge in [-0.1, -0.05) is 6.08 Å². The first-order valence-electron chi connectivity index (χ1n) is 7.73. The van der Waals surface area contributed by atoms with Gasteiger partial charge in [0.1, 0.15) is 11.8 Å². The molecule has 0 saturated heterocycles. The number of allylic oxidation sites excluding steroid dienone is 2. The van der Waals surface area contributed by atoms with Gasteiger partial charge in [0.15, 0.2) is 11.5 Å². The lowest BCUT2D eigenvalue weighted by Gasteiger charge is -2.25. The summed E-state index contributed by atoms with van der Waals surface area (Å²) >= 11 is 0. The molecule has 8 heteroatoms. The van der Waals surface area contributed by atoms with E-state index in [2.05, 4.69) is 6.07 Å². The van der Waals surface area contributed by atoms with E-state index >= 15 is 0 Å². The van der Waals surface area contributed by atoms with Crippen molar-refractivity contribution in [2.24, 2.45) is 0 Å². The number of nitriles is 1. The van der Waals surface area contributed by atoms with E-state index in [0.29, 0.717) is 17.2 Å². The molecule has 1 heterocycles. The summed E-state index contributed by atoms with van der Waals surface area (Å²) in [7, 11) is 5.30. The van der Waals surface area contributed by atoms with Crippen LogP contribution in [0, 0.1) is 11.3 Å². The first-order chi connectivity index (χ1) is 13.0. The van der Waals surface area contributed by atoms with Gasteiger partial charge < -0.3 is 23.8 Å². The van der Waals surface area contributed by atoms with Crippen molar-refractivity contribution < 1.29 is 28.5 Å². The molecule has 2 rings (SSSR count). The molecule has 1 aliphatic rings. The van der Waals surface area contributed by atoms with E-state index < -0.39 is 11.9 Å². The SMILES string of the molecule is COC(=O)C1=C(C(=O)OC)N(c2cc(OC)c(OC)cc2C#N)C=CC=C1. The largest absolute Gasteiger partial charge is 0.493 e. The van der Waals surface area contributed by atoms with Crippen molar-refractivity contribution in [2.45, 2.75) is 0 Å². The first kappa shape index (κ1) is 19.6. The maximum atomic E-state index is 12.5. The molecule has 140 valence electrons. The quantitative estimate of drug-likeness (QED) is 0.727. The van der Waals surface area contributed by atoms with Crippen LogP contribution in [0.3, 0.4) is 0 Å². The molecule has 0 saturated carbocycles. The van der Waals surface area contributed by atoms with Gasteiger partial charge in [0.2, 0.25) is 0 Å². The summed E-state index contributed by atoms with van der Waals surface area (Å²) in [5.74, 6) is -0.794. The minimum absolute atomic E-state index is 0.0203. The molecule has 0 aliphatic carbocycles. The average molecular weight is 370 g/mol. The zero-order valence-corrected chi connectivity index (χ0v) is 15.3. The van der Waals surface area contributed by atoms with Gasteiger partial charge in [0, 0.05) is 18.3 Å². The molecule has 1 aliphatic heterocycles. The summed E-state index contributed by atoms with van der Waals surface area (Å²) in [5.41, 5.74) is 0.382. The van der Waals surface area contributed by atoms with Gasteiger partial charge in [-0.3, -0.25) is 0 Å². The molecule has 0 atom stereocenters. The highest BCUT2D eigenvalue weighted by atomic mass is 16.5. The third-order valence-corrected chi connectivity index (χ3v) is 3.77. The highest BCUT2D eigenvalue weighted by molar-refractivity contribution is 6.05. The Hall–Kier alpha value is -3.73. The zero-order valence-electron chi connectivity index (χ0n) is 15.3. The number of rotatable bonds is 5. The molecule has 0 N–H and O–H groups in total. The number of esters is 2. The normalized spacial score (nSPS) is 12.9. The molecule has 8 nitrogen and oxygen atoms in total. The van der Waals surface area contributed by atoms with E-state index in [1.807, 2.05) is 0 Å². The third kappa shape index (κ3) is 3.77. The van der Waals surface area contributed by atoms with Gasteiger partial charge in [-0.25, -0.2) is 9.59 Å². The van der Waals surface area contributed by atoms with Crippen LogP contribution in [-0.2, 0) is 19.1 Å². The van der Waals surface area contributed by atoms with E-state index in [-0.39, 0.29) is 16.8 Å². The fourth-order valence-electron chi connectivity index (χ4n) is 2.51. The van der Waals surface area contributed by atoms with Crippen molar-refractivity contribution in [1.82, 2.24) is 0 Å². The first-order valence-corrected chi connectivity index (χ1v) is 7.73. The third-order valence-electron chi connectivity index (χ3n) is 3.77. The molecule has 0 aromatic heterocycles. The van der Waals surface area contributed by atoms with E-state index in [4.69, 9.17) is 18.9 Å². The second-order valence-corrected chi connectivity index (χ2v) is 5.15. The lowest BCUT2D eigenvalue weighted by molar-refractivity contribution is -0.139. The van der Waals surface area contributed by atoms with Crippen LogP contribution in [0.5, 0.6) is 11.5 Å². The van der Waals surface area contributed by atoms with Crippen LogP contribution >= 0.6 is 0 Å². The Balaban J connectivity index is 2.80. The molecule has 0 spiro atoms. The molecule has 1 aromatic rings. The summed E-state index contributed by atoms with van der Waals surface area (Å²) in [6.45, 7) is 0. The number of nitrogens with zero attached hydrogens (tertiary/aromatic N) is 2. The van der Waals surface area contributed by atoms with Crippen LogP contribution in [0.4, 0.5) is 5.69 Å². The smallest absolute Gasteiger partial charge is 0.355 e. The Morgan fingerprint density at radius 1 is 0.963 bits per heavy atom. The number of methoxy groups -OCH3 is 4. The van der Waals surface area contributed by atoms with Crippen LogP contribution in [0.15, 0.2) is 47.8 Å². The highest BCUT2D eigenvalue weighted by Crippen LogP contribution is 2.37. The van der Waals surface area contributed by atoms with Crippen molar-refractivity contribution in [3.8, 4) is 17.6 Å². The zero-order chi connectivity index (χ0) is 20.0. The summed E-state index contributed by atoms with van der Waals surface area (Å²) in [6, 6.07) is 5.06. The topological polar surface area (TPSA) is 98.1 Å². The van der Waals surface area contributed by atoms with E-state index in [9.17, 15) is 14.9 Å². The van der Waals surface area contributed by atoms with Crippen LogP contribution in [0.1, 0.15) is 5.56 Å². The molecule has 0 bridgehead atoms. The maximum absolute atomic E-state index is 12.5.